The van der Waals surface area contributed by atoms with E-state index >= 15 is 0 Å². The Hall–Kier alpha value is -2.86. The molecule has 0 saturated carbocycles. The van der Waals surface area contributed by atoms with Crippen LogP contribution in [0.5, 0.6) is 5.75 Å². The van der Waals surface area contributed by atoms with Gasteiger partial charge >= 0.3 is 5.97 Å². The minimum atomic E-state index is -0.368. The Morgan fingerprint density at radius 1 is 1.04 bits per heavy atom. The molecule has 0 aromatic heterocycles. The van der Waals surface area contributed by atoms with Gasteiger partial charge in [-0.05, 0) is 69.3 Å². The average molecular weight is 385 g/mol. The molecule has 0 bridgehead atoms. The molecule has 0 aliphatic heterocycles. The maximum absolute atomic E-state index is 12.3. The SMILES string of the molecule is CCOc1ccc(C[NH+](C)CC(=O)Nc2ccc(C(=O)OC(C)C)cc2)cc1. The fourth-order valence-electron chi connectivity index (χ4n) is 2.73. The number of esters is 1. The van der Waals surface area contributed by atoms with E-state index in [1.165, 1.54) is 0 Å². The van der Waals surface area contributed by atoms with E-state index in [0.29, 0.717) is 24.4 Å². The van der Waals surface area contributed by atoms with Gasteiger partial charge in [0, 0.05) is 11.3 Å². The van der Waals surface area contributed by atoms with E-state index in [4.69, 9.17) is 9.47 Å². The molecule has 2 N–H and O–H groups in total. The van der Waals surface area contributed by atoms with Gasteiger partial charge in [0.25, 0.3) is 5.91 Å². The lowest BCUT2D eigenvalue weighted by Gasteiger charge is -2.14. The molecule has 2 aromatic carbocycles. The van der Waals surface area contributed by atoms with E-state index in [9.17, 15) is 9.59 Å². The van der Waals surface area contributed by atoms with Gasteiger partial charge in [-0.15, -0.1) is 0 Å². The van der Waals surface area contributed by atoms with Crippen LogP contribution in [-0.4, -0.2) is 38.2 Å². The standard InChI is InChI=1S/C22H28N2O4/c1-5-27-20-12-6-17(7-13-20)14-24(4)15-21(25)23-19-10-8-18(9-11-19)22(26)28-16(2)3/h6-13,16H,5,14-15H2,1-4H3,(H,23,25)/p+1. The van der Waals surface area contributed by atoms with Gasteiger partial charge < -0.3 is 19.7 Å². The molecule has 1 amide bonds. The highest BCUT2D eigenvalue weighted by Gasteiger charge is 2.12. The minimum absolute atomic E-state index is 0.0825. The molecular formula is C22H29N2O4+. The minimum Gasteiger partial charge on any atom is -0.494 e. The first-order chi connectivity index (χ1) is 13.4. The number of quaternary nitrogens is 1. The van der Waals surface area contributed by atoms with Crippen molar-refractivity contribution < 1.29 is 24.0 Å². The van der Waals surface area contributed by atoms with Crippen LogP contribution in [-0.2, 0) is 16.1 Å². The Morgan fingerprint density at radius 3 is 2.25 bits per heavy atom. The fourth-order valence-corrected chi connectivity index (χ4v) is 2.73. The second kappa shape index (κ2) is 10.5. The number of hydrogen-bond acceptors (Lipinski definition) is 4. The molecule has 0 aliphatic rings. The van der Waals surface area contributed by atoms with Crippen molar-refractivity contribution in [2.75, 3.05) is 25.5 Å². The molecule has 0 heterocycles. The average Bonchev–Trinajstić information content (AvgIpc) is 2.63. The van der Waals surface area contributed by atoms with Crippen molar-refractivity contribution >= 4 is 17.6 Å². The lowest BCUT2D eigenvalue weighted by molar-refractivity contribution is -0.885. The Balaban J connectivity index is 1.83. The number of carbonyl (C=O) groups is 2. The zero-order valence-electron chi connectivity index (χ0n) is 17.0. The van der Waals surface area contributed by atoms with Crippen molar-refractivity contribution in [1.82, 2.24) is 0 Å². The van der Waals surface area contributed by atoms with Gasteiger partial charge in [-0.25, -0.2) is 4.79 Å². The summed E-state index contributed by atoms with van der Waals surface area (Å²) < 4.78 is 10.6. The number of amides is 1. The number of hydrogen-bond donors (Lipinski definition) is 2. The molecule has 6 nitrogen and oxygen atoms in total. The highest BCUT2D eigenvalue weighted by molar-refractivity contribution is 5.93. The zero-order chi connectivity index (χ0) is 20.5. The van der Waals surface area contributed by atoms with Crippen molar-refractivity contribution in [3.8, 4) is 5.75 Å². The number of likely N-dealkylation sites (N-methyl/N-ethyl adjacent to an activating group) is 1. The van der Waals surface area contributed by atoms with E-state index in [-0.39, 0.29) is 18.0 Å². The Kier molecular flexibility index (Phi) is 8.02. The third-order valence-electron chi connectivity index (χ3n) is 3.95. The summed E-state index contributed by atoms with van der Waals surface area (Å²) in [6.07, 6.45) is -0.166. The first kappa shape index (κ1) is 21.4. The first-order valence-electron chi connectivity index (χ1n) is 9.51. The Bertz CT molecular complexity index is 770. The quantitative estimate of drug-likeness (QED) is 0.650. The zero-order valence-corrected chi connectivity index (χ0v) is 17.0. The topological polar surface area (TPSA) is 69.1 Å². The van der Waals surface area contributed by atoms with Gasteiger partial charge in [0.2, 0.25) is 0 Å². The summed E-state index contributed by atoms with van der Waals surface area (Å²) in [4.78, 5) is 25.2. The molecule has 2 rings (SSSR count). The maximum atomic E-state index is 12.3. The van der Waals surface area contributed by atoms with E-state index in [1.54, 1.807) is 38.1 Å². The summed E-state index contributed by atoms with van der Waals surface area (Å²) >= 11 is 0. The molecule has 28 heavy (non-hydrogen) atoms. The third-order valence-corrected chi connectivity index (χ3v) is 3.95. The fraction of sp³-hybridized carbons (Fsp3) is 0.364. The molecule has 6 heteroatoms. The highest BCUT2D eigenvalue weighted by atomic mass is 16.5. The van der Waals surface area contributed by atoms with Gasteiger partial charge in [-0.2, -0.15) is 0 Å². The number of nitrogens with one attached hydrogen (secondary N) is 2. The summed E-state index contributed by atoms with van der Waals surface area (Å²) in [5, 5.41) is 2.86. The smallest absolute Gasteiger partial charge is 0.338 e. The molecule has 1 unspecified atom stereocenters. The molecular weight excluding hydrogens is 356 g/mol. The molecule has 1 atom stereocenters. The second-order valence-electron chi connectivity index (χ2n) is 6.97. The van der Waals surface area contributed by atoms with E-state index in [2.05, 4.69) is 5.32 Å². The molecule has 0 saturated heterocycles. The lowest BCUT2D eigenvalue weighted by atomic mass is 10.2. The van der Waals surface area contributed by atoms with E-state index in [0.717, 1.165) is 22.8 Å². The lowest BCUT2D eigenvalue weighted by Crippen LogP contribution is -3.08. The van der Waals surface area contributed by atoms with Crippen LogP contribution in [0.25, 0.3) is 0 Å². The van der Waals surface area contributed by atoms with Crippen LogP contribution < -0.4 is 15.0 Å². The van der Waals surface area contributed by atoms with Crippen LogP contribution in [0.15, 0.2) is 48.5 Å². The second-order valence-corrected chi connectivity index (χ2v) is 6.97. The Morgan fingerprint density at radius 2 is 1.68 bits per heavy atom. The molecule has 150 valence electrons. The van der Waals surface area contributed by atoms with Crippen molar-refractivity contribution in [3.05, 3.63) is 59.7 Å². The van der Waals surface area contributed by atoms with Crippen LogP contribution in [0.4, 0.5) is 5.69 Å². The largest absolute Gasteiger partial charge is 0.494 e. The summed E-state index contributed by atoms with van der Waals surface area (Å²) in [5.74, 6) is 0.399. The predicted molar refractivity (Wildman–Crippen MR) is 109 cm³/mol. The van der Waals surface area contributed by atoms with Gasteiger partial charge in [-0.3, -0.25) is 4.79 Å². The summed E-state index contributed by atoms with van der Waals surface area (Å²) in [7, 11) is 1.97. The van der Waals surface area contributed by atoms with Gasteiger partial charge in [-0.1, -0.05) is 0 Å². The van der Waals surface area contributed by atoms with Gasteiger partial charge in [0.05, 0.1) is 25.3 Å². The van der Waals surface area contributed by atoms with Crippen LogP contribution in [0.3, 0.4) is 0 Å². The van der Waals surface area contributed by atoms with Crippen molar-refractivity contribution in [2.24, 2.45) is 0 Å². The molecule has 0 aliphatic carbocycles. The van der Waals surface area contributed by atoms with Crippen LogP contribution in [0.1, 0.15) is 36.7 Å². The van der Waals surface area contributed by atoms with Crippen LogP contribution >= 0.6 is 0 Å². The van der Waals surface area contributed by atoms with Crippen LogP contribution in [0.2, 0.25) is 0 Å². The van der Waals surface area contributed by atoms with Gasteiger partial charge in [0.15, 0.2) is 6.54 Å². The first-order valence-corrected chi connectivity index (χ1v) is 9.51. The normalized spacial score (nSPS) is 11.8. The van der Waals surface area contributed by atoms with Gasteiger partial charge in [0.1, 0.15) is 12.3 Å². The summed E-state index contributed by atoms with van der Waals surface area (Å²) in [6.45, 7) is 7.28. The molecule has 0 spiro atoms. The third kappa shape index (κ3) is 7.04. The molecule has 2 aromatic rings. The van der Waals surface area contributed by atoms with Crippen molar-refractivity contribution in [2.45, 2.75) is 33.4 Å². The summed E-state index contributed by atoms with van der Waals surface area (Å²) in [5.41, 5.74) is 2.26. The van der Waals surface area contributed by atoms with E-state index in [1.807, 2.05) is 38.2 Å². The number of anilines is 1. The van der Waals surface area contributed by atoms with Crippen molar-refractivity contribution in [1.29, 1.82) is 0 Å². The number of rotatable bonds is 9. The number of carbonyl (C=O) groups excluding carboxylic acids is 2. The van der Waals surface area contributed by atoms with Crippen molar-refractivity contribution in [3.63, 3.8) is 0 Å². The van der Waals surface area contributed by atoms with E-state index < -0.39 is 0 Å². The maximum Gasteiger partial charge on any atom is 0.338 e. The Labute approximate surface area is 166 Å². The molecule has 0 fully saturated rings. The predicted octanol–water partition coefficient (Wildman–Crippen LogP) is 2.30. The number of ether oxygens (including phenoxy) is 2. The summed E-state index contributed by atoms with van der Waals surface area (Å²) in [6, 6.07) is 14.6. The monoisotopic (exact) mass is 385 g/mol. The highest BCUT2D eigenvalue weighted by Crippen LogP contribution is 2.12. The molecule has 0 radical (unpaired) electrons. The number of benzene rings is 2. The van der Waals surface area contributed by atoms with Crippen LogP contribution in [0, 0.1) is 0 Å².